The minimum absolute atomic E-state index is 0.0686. The second-order valence-electron chi connectivity index (χ2n) is 3.55. The molecule has 0 unspecified atom stereocenters. The number of carbonyl (C=O) groups excluding carboxylic acids is 1. The number of aryl methyl sites for hydroxylation is 1. The summed E-state index contributed by atoms with van der Waals surface area (Å²) in [6.45, 7) is 1.42. The van der Waals surface area contributed by atoms with Gasteiger partial charge < -0.3 is 0 Å². The lowest BCUT2D eigenvalue weighted by Crippen LogP contribution is -2.30. The molecule has 0 spiro atoms. The van der Waals surface area contributed by atoms with E-state index in [0.717, 1.165) is 12.1 Å². The van der Waals surface area contributed by atoms with Gasteiger partial charge in [-0.2, -0.15) is 18.3 Å². The lowest BCUT2D eigenvalue weighted by Gasteiger charge is -2.08. The standard InChI is InChI=1S/C9H8F3N5O/c1-4-2-6(9(10,11)12)17-7(14-4)3-5(16-17)8(18)15-13/h2-3H,13H2,1H3,(H,15,18). The molecule has 0 aliphatic heterocycles. The lowest BCUT2D eigenvalue weighted by molar-refractivity contribution is -0.142. The van der Waals surface area contributed by atoms with Crippen molar-refractivity contribution in [3.8, 4) is 0 Å². The molecular formula is C9H8F3N5O. The lowest BCUT2D eigenvalue weighted by atomic mass is 10.3. The van der Waals surface area contributed by atoms with Gasteiger partial charge in [-0.25, -0.2) is 15.3 Å². The number of nitrogens with two attached hydrogens (primary N) is 1. The Balaban J connectivity index is 2.72. The van der Waals surface area contributed by atoms with Crippen molar-refractivity contribution in [1.82, 2.24) is 20.0 Å². The van der Waals surface area contributed by atoms with E-state index in [0.29, 0.717) is 4.52 Å². The number of hydrogen-bond donors (Lipinski definition) is 2. The van der Waals surface area contributed by atoms with Crippen molar-refractivity contribution >= 4 is 11.6 Å². The number of nitrogens with one attached hydrogen (secondary N) is 1. The van der Waals surface area contributed by atoms with Crippen LogP contribution in [0.2, 0.25) is 0 Å². The SMILES string of the molecule is Cc1cc(C(F)(F)F)n2nc(C(=O)NN)cc2n1. The zero-order valence-corrected chi connectivity index (χ0v) is 9.12. The Hall–Kier alpha value is -2.16. The number of alkyl halides is 3. The quantitative estimate of drug-likeness (QED) is 0.447. The average Bonchev–Trinajstić information content (AvgIpc) is 2.68. The molecular weight excluding hydrogens is 251 g/mol. The number of nitrogens with zero attached hydrogens (tertiary/aromatic N) is 3. The Morgan fingerprint density at radius 3 is 2.67 bits per heavy atom. The number of hydrogen-bond acceptors (Lipinski definition) is 4. The molecule has 0 fully saturated rings. The van der Waals surface area contributed by atoms with E-state index in [1.165, 1.54) is 6.92 Å². The molecule has 1 amide bonds. The highest BCUT2D eigenvalue weighted by Gasteiger charge is 2.35. The first-order valence-electron chi connectivity index (χ1n) is 4.78. The predicted molar refractivity (Wildman–Crippen MR) is 54.4 cm³/mol. The molecule has 0 saturated carbocycles. The zero-order chi connectivity index (χ0) is 13.5. The molecule has 2 aromatic heterocycles. The molecule has 0 saturated heterocycles. The van der Waals surface area contributed by atoms with Gasteiger partial charge in [-0.15, -0.1) is 0 Å². The van der Waals surface area contributed by atoms with Crippen LogP contribution in [0.5, 0.6) is 0 Å². The first-order chi connectivity index (χ1) is 8.32. The van der Waals surface area contributed by atoms with Crippen LogP contribution in [0, 0.1) is 6.92 Å². The Morgan fingerprint density at radius 2 is 2.11 bits per heavy atom. The minimum Gasteiger partial charge on any atom is -0.289 e. The number of halogens is 3. The van der Waals surface area contributed by atoms with Gasteiger partial charge in [0.1, 0.15) is 5.69 Å². The van der Waals surface area contributed by atoms with Crippen LogP contribution in [-0.2, 0) is 6.18 Å². The fraction of sp³-hybridized carbons (Fsp3) is 0.222. The molecule has 96 valence electrons. The monoisotopic (exact) mass is 259 g/mol. The van der Waals surface area contributed by atoms with E-state index in [-0.39, 0.29) is 17.0 Å². The zero-order valence-electron chi connectivity index (χ0n) is 9.12. The van der Waals surface area contributed by atoms with Crippen LogP contribution >= 0.6 is 0 Å². The number of rotatable bonds is 1. The van der Waals surface area contributed by atoms with Crippen LogP contribution in [0.3, 0.4) is 0 Å². The third-order valence-electron chi connectivity index (χ3n) is 2.21. The predicted octanol–water partition coefficient (Wildman–Crippen LogP) is 0.660. The molecule has 3 N–H and O–H groups in total. The van der Waals surface area contributed by atoms with Gasteiger partial charge in [0.25, 0.3) is 5.91 Å². The molecule has 0 aliphatic rings. The van der Waals surface area contributed by atoms with Crippen molar-refractivity contribution < 1.29 is 18.0 Å². The maximum Gasteiger partial charge on any atom is 0.433 e. The van der Waals surface area contributed by atoms with Crippen LogP contribution in [0.15, 0.2) is 12.1 Å². The topological polar surface area (TPSA) is 85.3 Å². The van der Waals surface area contributed by atoms with Crippen LogP contribution < -0.4 is 11.3 Å². The molecule has 2 rings (SSSR count). The summed E-state index contributed by atoms with van der Waals surface area (Å²) in [7, 11) is 0. The average molecular weight is 259 g/mol. The Kier molecular flexibility index (Phi) is 2.70. The largest absolute Gasteiger partial charge is 0.433 e. The van der Waals surface area contributed by atoms with Gasteiger partial charge in [0.05, 0.1) is 0 Å². The molecule has 0 aromatic carbocycles. The third kappa shape index (κ3) is 1.99. The highest BCUT2D eigenvalue weighted by atomic mass is 19.4. The number of amides is 1. The van der Waals surface area contributed by atoms with Crippen LogP contribution in [-0.4, -0.2) is 20.5 Å². The highest BCUT2D eigenvalue weighted by molar-refractivity contribution is 5.92. The van der Waals surface area contributed by atoms with Gasteiger partial charge in [0, 0.05) is 11.8 Å². The summed E-state index contributed by atoms with van der Waals surface area (Å²) in [5.74, 6) is 4.10. The summed E-state index contributed by atoms with van der Waals surface area (Å²) in [4.78, 5) is 15.1. The number of carbonyl (C=O) groups is 1. The van der Waals surface area contributed by atoms with E-state index >= 15 is 0 Å². The number of aromatic nitrogens is 3. The van der Waals surface area contributed by atoms with Crippen molar-refractivity contribution in [3.05, 3.63) is 29.2 Å². The molecule has 0 aliphatic carbocycles. The first kappa shape index (κ1) is 12.3. The van der Waals surface area contributed by atoms with Gasteiger partial charge in [-0.1, -0.05) is 0 Å². The Morgan fingerprint density at radius 1 is 1.44 bits per heavy atom. The van der Waals surface area contributed by atoms with Crippen molar-refractivity contribution in [2.45, 2.75) is 13.1 Å². The molecule has 2 heterocycles. The van der Waals surface area contributed by atoms with E-state index < -0.39 is 17.8 Å². The Bertz CT molecular complexity index is 618. The fourth-order valence-corrected chi connectivity index (χ4v) is 1.49. The number of nitrogen functional groups attached to an aromatic ring is 1. The summed E-state index contributed by atoms with van der Waals surface area (Å²) < 4.78 is 38.9. The van der Waals surface area contributed by atoms with Gasteiger partial charge in [-0.3, -0.25) is 10.2 Å². The molecule has 0 radical (unpaired) electrons. The molecule has 18 heavy (non-hydrogen) atoms. The van der Waals surface area contributed by atoms with Crippen LogP contribution in [0.4, 0.5) is 13.2 Å². The van der Waals surface area contributed by atoms with Crippen LogP contribution in [0.1, 0.15) is 21.9 Å². The van der Waals surface area contributed by atoms with E-state index in [9.17, 15) is 18.0 Å². The number of fused-ring (bicyclic) bond motifs is 1. The van der Waals surface area contributed by atoms with E-state index in [1.807, 2.05) is 0 Å². The molecule has 9 heteroatoms. The summed E-state index contributed by atoms with van der Waals surface area (Å²) in [6, 6.07) is 1.98. The maximum absolute atomic E-state index is 12.8. The maximum atomic E-state index is 12.8. The normalized spacial score (nSPS) is 11.8. The van der Waals surface area contributed by atoms with Crippen molar-refractivity contribution in [1.29, 1.82) is 0 Å². The second kappa shape index (κ2) is 3.95. The molecule has 2 aromatic rings. The van der Waals surface area contributed by atoms with E-state index in [4.69, 9.17) is 5.84 Å². The van der Waals surface area contributed by atoms with E-state index in [1.54, 1.807) is 5.43 Å². The van der Waals surface area contributed by atoms with Crippen molar-refractivity contribution in [2.75, 3.05) is 0 Å². The van der Waals surface area contributed by atoms with Gasteiger partial charge in [0.2, 0.25) is 0 Å². The number of hydrazine groups is 1. The van der Waals surface area contributed by atoms with E-state index in [2.05, 4.69) is 10.1 Å². The highest BCUT2D eigenvalue weighted by Crippen LogP contribution is 2.29. The summed E-state index contributed by atoms with van der Waals surface area (Å²) in [6.07, 6.45) is -4.59. The second-order valence-corrected chi connectivity index (χ2v) is 3.55. The van der Waals surface area contributed by atoms with Crippen molar-refractivity contribution in [2.24, 2.45) is 5.84 Å². The first-order valence-corrected chi connectivity index (χ1v) is 4.78. The summed E-state index contributed by atoms with van der Waals surface area (Å²) in [5.41, 5.74) is 0.664. The van der Waals surface area contributed by atoms with Gasteiger partial charge >= 0.3 is 6.18 Å². The summed E-state index contributed by atoms with van der Waals surface area (Å²) >= 11 is 0. The Labute approximate surface area is 98.6 Å². The third-order valence-corrected chi connectivity index (χ3v) is 2.21. The summed E-state index contributed by atoms with van der Waals surface area (Å²) in [5, 5.41) is 3.53. The minimum atomic E-state index is -4.59. The smallest absolute Gasteiger partial charge is 0.289 e. The fourth-order valence-electron chi connectivity index (χ4n) is 1.49. The van der Waals surface area contributed by atoms with Gasteiger partial charge in [0.15, 0.2) is 11.3 Å². The van der Waals surface area contributed by atoms with Crippen LogP contribution in [0.25, 0.3) is 5.65 Å². The van der Waals surface area contributed by atoms with Gasteiger partial charge in [-0.05, 0) is 13.0 Å². The van der Waals surface area contributed by atoms with Crippen molar-refractivity contribution in [3.63, 3.8) is 0 Å². The molecule has 0 atom stereocenters. The molecule has 0 bridgehead atoms. The molecule has 6 nitrogen and oxygen atoms in total.